The van der Waals surface area contributed by atoms with E-state index in [1.54, 1.807) is 0 Å². The number of benzene rings is 1. The van der Waals surface area contributed by atoms with E-state index in [-0.39, 0.29) is 0 Å². The summed E-state index contributed by atoms with van der Waals surface area (Å²) < 4.78 is 0. The van der Waals surface area contributed by atoms with Crippen molar-refractivity contribution in [2.75, 3.05) is 0 Å². The molecule has 0 aliphatic heterocycles. The summed E-state index contributed by atoms with van der Waals surface area (Å²) in [6.45, 7) is 3.62. The van der Waals surface area contributed by atoms with Gasteiger partial charge in [-0.2, -0.15) is 0 Å². The third kappa shape index (κ3) is 7.70. The van der Waals surface area contributed by atoms with Gasteiger partial charge in [-0.25, -0.2) is 0 Å². The van der Waals surface area contributed by atoms with Gasteiger partial charge in [0.15, 0.2) is 0 Å². The monoisotopic (exact) mass is 209 g/mol. The van der Waals surface area contributed by atoms with Gasteiger partial charge in [-0.05, 0) is 18.9 Å². The fraction of sp³-hybridized carbons (Fsp3) is 0.417. The Morgan fingerprint density at radius 2 is 1.87 bits per heavy atom. The first-order chi connectivity index (χ1) is 7.07. The molecule has 1 unspecified atom stereocenters. The SMILES string of the molecule is CC(N)C(=O)O.CCCc1ccccc1. The summed E-state index contributed by atoms with van der Waals surface area (Å²) in [5.74, 6) is -0.963. The van der Waals surface area contributed by atoms with Gasteiger partial charge in [0.2, 0.25) is 0 Å². The number of carboxylic acids is 1. The third-order valence-electron chi connectivity index (χ3n) is 1.77. The van der Waals surface area contributed by atoms with Crippen LogP contribution in [0.3, 0.4) is 0 Å². The van der Waals surface area contributed by atoms with E-state index in [2.05, 4.69) is 37.3 Å². The second kappa shape index (κ2) is 8.00. The Kier molecular flexibility index (Phi) is 7.28. The molecule has 0 spiro atoms. The number of hydrogen-bond acceptors (Lipinski definition) is 2. The topological polar surface area (TPSA) is 63.3 Å². The predicted molar refractivity (Wildman–Crippen MR) is 61.7 cm³/mol. The van der Waals surface area contributed by atoms with E-state index in [1.165, 1.54) is 25.3 Å². The average Bonchev–Trinajstić information content (AvgIpc) is 2.20. The zero-order chi connectivity index (χ0) is 11.7. The lowest BCUT2D eigenvalue weighted by molar-refractivity contribution is -0.138. The second-order valence-electron chi connectivity index (χ2n) is 3.36. The van der Waals surface area contributed by atoms with Crippen molar-refractivity contribution in [2.24, 2.45) is 5.73 Å². The Bertz CT molecular complexity index is 270. The highest BCUT2D eigenvalue weighted by Crippen LogP contribution is 2.00. The number of carboxylic acid groups (broad SMARTS) is 1. The van der Waals surface area contributed by atoms with E-state index in [0.717, 1.165) is 0 Å². The first-order valence-electron chi connectivity index (χ1n) is 5.10. The molecular formula is C12H19NO2. The quantitative estimate of drug-likeness (QED) is 0.801. The molecule has 15 heavy (non-hydrogen) atoms. The zero-order valence-electron chi connectivity index (χ0n) is 9.31. The molecule has 0 heterocycles. The number of aliphatic carboxylic acids is 1. The molecule has 0 saturated carbocycles. The Morgan fingerprint density at radius 1 is 1.40 bits per heavy atom. The van der Waals surface area contributed by atoms with Crippen LogP contribution in [0.1, 0.15) is 25.8 Å². The molecule has 3 nitrogen and oxygen atoms in total. The molecule has 0 aliphatic carbocycles. The van der Waals surface area contributed by atoms with Gasteiger partial charge in [0, 0.05) is 0 Å². The van der Waals surface area contributed by atoms with E-state index >= 15 is 0 Å². The molecule has 0 saturated heterocycles. The molecule has 3 N–H and O–H groups in total. The number of nitrogens with two attached hydrogens (primary N) is 1. The lowest BCUT2D eigenvalue weighted by Crippen LogP contribution is -2.25. The van der Waals surface area contributed by atoms with Crippen molar-refractivity contribution in [1.29, 1.82) is 0 Å². The van der Waals surface area contributed by atoms with Crippen LogP contribution < -0.4 is 5.73 Å². The summed E-state index contributed by atoms with van der Waals surface area (Å²) in [7, 11) is 0. The van der Waals surface area contributed by atoms with Crippen molar-refractivity contribution in [2.45, 2.75) is 32.7 Å². The van der Waals surface area contributed by atoms with Gasteiger partial charge < -0.3 is 10.8 Å². The smallest absolute Gasteiger partial charge is 0.320 e. The normalized spacial score (nSPS) is 11.1. The molecule has 3 heteroatoms. The molecule has 0 aromatic heterocycles. The molecule has 84 valence electrons. The van der Waals surface area contributed by atoms with Crippen LogP contribution in [0.4, 0.5) is 0 Å². The third-order valence-corrected chi connectivity index (χ3v) is 1.77. The highest BCUT2D eigenvalue weighted by Gasteiger charge is 1.99. The number of rotatable bonds is 3. The van der Waals surface area contributed by atoms with E-state index < -0.39 is 12.0 Å². The van der Waals surface area contributed by atoms with Crippen LogP contribution in [0.5, 0.6) is 0 Å². The number of aryl methyl sites for hydroxylation is 1. The first-order valence-corrected chi connectivity index (χ1v) is 5.10. The minimum atomic E-state index is -0.963. The summed E-state index contributed by atoms with van der Waals surface area (Å²) in [6, 6.07) is 9.84. The molecule has 1 atom stereocenters. The average molecular weight is 209 g/mol. The second-order valence-corrected chi connectivity index (χ2v) is 3.36. The first kappa shape index (κ1) is 13.7. The molecule has 0 bridgehead atoms. The van der Waals surface area contributed by atoms with Gasteiger partial charge in [0.1, 0.15) is 6.04 Å². The van der Waals surface area contributed by atoms with Gasteiger partial charge in [-0.3, -0.25) is 4.79 Å². The summed E-state index contributed by atoms with van der Waals surface area (Å²) in [5.41, 5.74) is 6.28. The van der Waals surface area contributed by atoms with Crippen LogP contribution in [-0.2, 0) is 11.2 Å². The van der Waals surface area contributed by atoms with Crippen LogP contribution in [-0.4, -0.2) is 17.1 Å². The molecule has 0 radical (unpaired) electrons. The van der Waals surface area contributed by atoms with E-state index in [1.807, 2.05) is 0 Å². The van der Waals surface area contributed by atoms with E-state index in [9.17, 15) is 4.79 Å². The molecular weight excluding hydrogens is 190 g/mol. The largest absolute Gasteiger partial charge is 0.480 e. The minimum absolute atomic E-state index is 0.731. The summed E-state index contributed by atoms with van der Waals surface area (Å²) >= 11 is 0. The maximum Gasteiger partial charge on any atom is 0.320 e. The highest BCUT2D eigenvalue weighted by atomic mass is 16.4. The Morgan fingerprint density at radius 3 is 2.20 bits per heavy atom. The number of hydrogen-bond donors (Lipinski definition) is 2. The highest BCUT2D eigenvalue weighted by molar-refractivity contribution is 5.72. The van der Waals surface area contributed by atoms with Crippen LogP contribution in [0.15, 0.2) is 30.3 Å². The maximum absolute atomic E-state index is 9.57. The van der Waals surface area contributed by atoms with Crippen molar-refractivity contribution < 1.29 is 9.90 Å². The molecule has 1 rings (SSSR count). The lowest BCUT2D eigenvalue weighted by atomic mass is 10.1. The van der Waals surface area contributed by atoms with Crippen LogP contribution in [0, 0.1) is 0 Å². The molecule has 1 aromatic rings. The minimum Gasteiger partial charge on any atom is -0.480 e. The van der Waals surface area contributed by atoms with Gasteiger partial charge in [-0.15, -0.1) is 0 Å². The van der Waals surface area contributed by atoms with Crippen molar-refractivity contribution in [3.63, 3.8) is 0 Å². The van der Waals surface area contributed by atoms with Gasteiger partial charge in [0.25, 0.3) is 0 Å². The summed E-state index contributed by atoms with van der Waals surface area (Å²) in [4.78, 5) is 9.57. The van der Waals surface area contributed by atoms with Crippen LogP contribution >= 0.6 is 0 Å². The van der Waals surface area contributed by atoms with Gasteiger partial charge in [-0.1, -0.05) is 43.7 Å². The van der Waals surface area contributed by atoms with Gasteiger partial charge in [0.05, 0.1) is 0 Å². The molecule has 0 amide bonds. The molecule has 1 aromatic carbocycles. The molecule has 0 aliphatic rings. The van der Waals surface area contributed by atoms with Crippen molar-refractivity contribution in [3.05, 3.63) is 35.9 Å². The van der Waals surface area contributed by atoms with Crippen LogP contribution in [0.2, 0.25) is 0 Å². The maximum atomic E-state index is 9.57. The van der Waals surface area contributed by atoms with E-state index in [4.69, 9.17) is 10.8 Å². The zero-order valence-corrected chi connectivity index (χ0v) is 9.31. The van der Waals surface area contributed by atoms with Crippen molar-refractivity contribution >= 4 is 5.97 Å². The van der Waals surface area contributed by atoms with Crippen LogP contribution in [0.25, 0.3) is 0 Å². The fourth-order valence-corrected chi connectivity index (χ4v) is 0.933. The fourth-order valence-electron chi connectivity index (χ4n) is 0.933. The number of carbonyl (C=O) groups is 1. The Labute approximate surface area is 90.9 Å². The standard InChI is InChI=1S/C9H12.C3H7NO2/c1-2-6-9-7-4-3-5-8-9;1-2(4)3(5)6/h3-5,7-8H,2,6H2,1H3;2H,4H2,1H3,(H,5,6). The van der Waals surface area contributed by atoms with Crippen molar-refractivity contribution in [3.8, 4) is 0 Å². The Balaban J connectivity index is 0.000000288. The lowest BCUT2D eigenvalue weighted by Gasteiger charge is -1.93. The summed E-state index contributed by atoms with van der Waals surface area (Å²) in [5, 5.41) is 7.87. The predicted octanol–water partition coefficient (Wildman–Crippen LogP) is 2.06. The van der Waals surface area contributed by atoms with Gasteiger partial charge >= 0.3 is 5.97 Å². The summed E-state index contributed by atoms with van der Waals surface area (Å²) in [6.07, 6.45) is 2.45. The molecule has 0 fully saturated rings. The van der Waals surface area contributed by atoms with Crippen molar-refractivity contribution in [1.82, 2.24) is 0 Å². The van der Waals surface area contributed by atoms with E-state index in [0.29, 0.717) is 0 Å². The Hall–Kier alpha value is -1.35.